The molecule has 0 spiro atoms. The number of para-hydroxylation sites is 1. The van der Waals surface area contributed by atoms with E-state index < -0.39 is 5.82 Å². The topological polar surface area (TPSA) is 45.1 Å². The van der Waals surface area contributed by atoms with Crippen molar-refractivity contribution in [3.05, 3.63) is 59.7 Å². The molecule has 0 saturated carbocycles. The largest absolute Gasteiger partial charge is 0.505 e. The Morgan fingerprint density at radius 3 is 2.83 bits per heavy atom. The molecular formula is C14H15FN2O. The Labute approximate surface area is 105 Å². The van der Waals surface area contributed by atoms with E-state index in [1.807, 2.05) is 18.2 Å². The summed E-state index contributed by atoms with van der Waals surface area (Å²) in [6.07, 6.45) is 2.56. The molecule has 18 heavy (non-hydrogen) atoms. The molecule has 0 aliphatic carbocycles. The number of aromatic hydroxyl groups is 1. The van der Waals surface area contributed by atoms with Crippen molar-refractivity contribution in [1.29, 1.82) is 0 Å². The van der Waals surface area contributed by atoms with E-state index >= 15 is 0 Å². The first-order valence-electron chi connectivity index (χ1n) is 5.84. The summed E-state index contributed by atoms with van der Waals surface area (Å²) in [5.74, 6) is -0.859. The average Bonchev–Trinajstić information content (AvgIpc) is 2.40. The molecular weight excluding hydrogens is 231 g/mol. The number of phenolic OH excluding ortho intramolecular Hbond substituents is 1. The Bertz CT molecular complexity index is 502. The first-order chi connectivity index (χ1) is 8.77. The molecule has 1 aromatic heterocycles. The highest BCUT2D eigenvalue weighted by molar-refractivity contribution is 5.33. The van der Waals surface area contributed by atoms with Crippen molar-refractivity contribution in [2.24, 2.45) is 0 Å². The number of benzene rings is 1. The first-order valence-corrected chi connectivity index (χ1v) is 5.84. The van der Waals surface area contributed by atoms with Gasteiger partial charge in [0, 0.05) is 37.0 Å². The molecule has 0 fully saturated rings. The number of pyridine rings is 1. The van der Waals surface area contributed by atoms with Crippen LogP contribution in [0.15, 0.2) is 42.6 Å². The van der Waals surface area contributed by atoms with Gasteiger partial charge in [0.2, 0.25) is 0 Å². The molecule has 0 radical (unpaired) electrons. The van der Waals surface area contributed by atoms with Crippen molar-refractivity contribution in [2.45, 2.75) is 13.0 Å². The van der Waals surface area contributed by atoms with Crippen LogP contribution < -0.4 is 5.32 Å². The van der Waals surface area contributed by atoms with E-state index in [0.29, 0.717) is 12.1 Å². The maximum Gasteiger partial charge on any atom is 0.165 e. The lowest BCUT2D eigenvalue weighted by Gasteiger charge is -2.07. The monoisotopic (exact) mass is 246 g/mol. The van der Waals surface area contributed by atoms with Crippen molar-refractivity contribution in [3.8, 4) is 5.75 Å². The summed E-state index contributed by atoms with van der Waals surface area (Å²) in [4.78, 5) is 4.21. The number of halogens is 1. The van der Waals surface area contributed by atoms with Gasteiger partial charge in [-0.1, -0.05) is 18.2 Å². The number of phenols is 1. The summed E-state index contributed by atoms with van der Waals surface area (Å²) in [5.41, 5.74) is 1.57. The molecule has 2 N–H and O–H groups in total. The van der Waals surface area contributed by atoms with Crippen molar-refractivity contribution in [2.75, 3.05) is 6.54 Å². The number of nitrogens with zero attached hydrogens (tertiary/aromatic N) is 1. The molecule has 0 amide bonds. The maximum atomic E-state index is 13.1. The van der Waals surface area contributed by atoms with E-state index in [1.54, 1.807) is 18.3 Å². The summed E-state index contributed by atoms with van der Waals surface area (Å²) < 4.78 is 13.1. The van der Waals surface area contributed by atoms with Crippen LogP contribution >= 0.6 is 0 Å². The van der Waals surface area contributed by atoms with Crippen LogP contribution in [0.1, 0.15) is 11.3 Å². The zero-order valence-corrected chi connectivity index (χ0v) is 9.94. The van der Waals surface area contributed by atoms with Crippen LogP contribution in [0.3, 0.4) is 0 Å². The fourth-order valence-electron chi connectivity index (χ4n) is 1.69. The average molecular weight is 246 g/mol. The number of hydrogen-bond donors (Lipinski definition) is 2. The normalized spacial score (nSPS) is 10.5. The van der Waals surface area contributed by atoms with E-state index in [9.17, 15) is 9.50 Å². The summed E-state index contributed by atoms with van der Waals surface area (Å²) in [7, 11) is 0. The lowest BCUT2D eigenvalue weighted by molar-refractivity contribution is 0.423. The van der Waals surface area contributed by atoms with Gasteiger partial charge in [-0.3, -0.25) is 4.98 Å². The standard InChI is InChI=1S/C14H15FN2O/c15-13-6-3-4-11(14(13)18)10-16-9-7-12-5-1-2-8-17-12/h1-6,8,16,18H,7,9-10H2. The highest BCUT2D eigenvalue weighted by Gasteiger charge is 2.05. The predicted molar refractivity (Wildman–Crippen MR) is 67.7 cm³/mol. The minimum atomic E-state index is -0.584. The fourth-order valence-corrected chi connectivity index (χ4v) is 1.69. The number of hydrogen-bond acceptors (Lipinski definition) is 3. The third-order valence-corrected chi connectivity index (χ3v) is 2.67. The summed E-state index contributed by atoms with van der Waals surface area (Å²) >= 11 is 0. The quantitative estimate of drug-likeness (QED) is 0.795. The molecule has 0 atom stereocenters. The van der Waals surface area contributed by atoms with Crippen LogP contribution in [0.2, 0.25) is 0 Å². The minimum absolute atomic E-state index is 0.275. The minimum Gasteiger partial charge on any atom is -0.505 e. The Hall–Kier alpha value is -1.94. The zero-order chi connectivity index (χ0) is 12.8. The molecule has 0 aliphatic heterocycles. The highest BCUT2D eigenvalue weighted by atomic mass is 19.1. The van der Waals surface area contributed by atoms with Crippen molar-refractivity contribution < 1.29 is 9.50 Å². The van der Waals surface area contributed by atoms with Gasteiger partial charge in [-0.05, 0) is 18.2 Å². The molecule has 4 heteroatoms. The molecule has 2 aromatic rings. The Morgan fingerprint density at radius 2 is 2.06 bits per heavy atom. The molecule has 3 nitrogen and oxygen atoms in total. The van der Waals surface area contributed by atoms with Gasteiger partial charge in [0.1, 0.15) is 0 Å². The van der Waals surface area contributed by atoms with Gasteiger partial charge in [-0.15, -0.1) is 0 Å². The predicted octanol–water partition coefficient (Wildman–Crippen LogP) is 2.26. The number of rotatable bonds is 5. The van der Waals surface area contributed by atoms with E-state index in [4.69, 9.17) is 0 Å². The molecule has 1 heterocycles. The molecule has 0 bridgehead atoms. The highest BCUT2D eigenvalue weighted by Crippen LogP contribution is 2.20. The Kier molecular flexibility index (Phi) is 4.25. The SMILES string of the molecule is Oc1c(F)cccc1CNCCc1ccccn1. The van der Waals surface area contributed by atoms with Gasteiger partial charge >= 0.3 is 0 Å². The molecule has 0 unspecified atom stereocenters. The van der Waals surface area contributed by atoms with Gasteiger partial charge in [0.25, 0.3) is 0 Å². The fraction of sp³-hybridized carbons (Fsp3) is 0.214. The molecule has 0 saturated heterocycles. The van der Waals surface area contributed by atoms with Crippen LogP contribution in [0.5, 0.6) is 5.75 Å². The van der Waals surface area contributed by atoms with Gasteiger partial charge < -0.3 is 10.4 Å². The van der Waals surface area contributed by atoms with Gasteiger partial charge in [0.15, 0.2) is 11.6 Å². The van der Waals surface area contributed by atoms with Crippen LogP contribution in [0.25, 0.3) is 0 Å². The van der Waals surface area contributed by atoms with Gasteiger partial charge in [0.05, 0.1) is 0 Å². The van der Waals surface area contributed by atoms with Gasteiger partial charge in [-0.2, -0.15) is 0 Å². The molecule has 94 valence electrons. The van der Waals surface area contributed by atoms with Crippen molar-refractivity contribution in [3.63, 3.8) is 0 Å². The van der Waals surface area contributed by atoms with Crippen LogP contribution in [-0.2, 0) is 13.0 Å². The van der Waals surface area contributed by atoms with E-state index in [2.05, 4.69) is 10.3 Å². The number of nitrogens with one attached hydrogen (secondary N) is 1. The van der Waals surface area contributed by atoms with E-state index in [1.165, 1.54) is 6.07 Å². The third kappa shape index (κ3) is 3.28. The lowest BCUT2D eigenvalue weighted by Crippen LogP contribution is -2.17. The first kappa shape index (κ1) is 12.5. The Morgan fingerprint density at radius 1 is 1.17 bits per heavy atom. The van der Waals surface area contributed by atoms with Crippen LogP contribution in [0.4, 0.5) is 4.39 Å². The van der Waals surface area contributed by atoms with Crippen LogP contribution in [0, 0.1) is 5.82 Å². The molecule has 0 aliphatic rings. The second-order valence-electron chi connectivity index (χ2n) is 4.00. The van der Waals surface area contributed by atoms with E-state index in [0.717, 1.165) is 18.7 Å². The molecule has 1 aromatic carbocycles. The van der Waals surface area contributed by atoms with E-state index in [-0.39, 0.29) is 5.75 Å². The number of aromatic nitrogens is 1. The smallest absolute Gasteiger partial charge is 0.165 e. The van der Waals surface area contributed by atoms with Crippen molar-refractivity contribution in [1.82, 2.24) is 10.3 Å². The summed E-state index contributed by atoms with van der Waals surface area (Å²) in [5, 5.41) is 12.6. The van der Waals surface area contributed by atoms with Gasteiger partial charge in [-0.25, -0.2) is 4.39 Å². The second kappa shape index (κ2) is 6.12. The summed E-state index contributed by atoms with van der Waals surface area (Å²) in [6, 6.07) is 10.3. The maximum absolute atomic E-state index is 13.1. The second-order valence-corrected chi connectivity index (χ2v) is 4.00. The lowest BCUT2D eigenvalue weighted by atomic mass is 10.2. The Balaban J connectivity index is 1.81. The molecule has 2 rings (SSSR count). The zero-order valence-electron chi connectivity index (χ0n) is 9.94. The third-order valence-electron chi connectivity index (χ3n) is 2.67. The summed E-state index contributed by atoms with van der Waals surface area (Å²) in [6.45, 7) is 1.17. The van der Waals surface area contributed by atoms with Crippen LogP contribution in [-0.4, -0.2) is 16.6 Å². The van der Waals surface area contributed by atoms with Crippen molar-refractivity contribution >= 4 is 0 Å².